The highest BCUT2D eigenvalue weighted by Gasteiger charge is 2.51. The van der Waals surface area contributed by atoms with E-state index in [1.807, 2.05) is 44.8 Å². The smallest absolute Gasteiger partial charge is 0.407 e. The van der Waals surface area contributed by atoms with Crippen molar-refractivity contribution in [3.63, 3.8) is 0 Å². The lowest BCUT2D eigenvalue weighted by Gasteiger charge is -2.47. The molecule has 52 heavy (non-hydrogen) atoms. The number of cyclic esters (lactones) is 1. The number of nitrogens with one attached hydrogen (secondary N) is 1. The Morgan fingerprint density at radius 1 is 1.08 bits per heavy atom. The average molecular weight is 748 g/mol. The number of aliphatic hydroxyl groups excluding tert-OH is 2. The van der Waals surface area contributed by atoms with Gasteiger partial charge in [-0.25, -0.2) is 4.79 Å². The number of amides is 1. The molecule has 0 aromatic heterocycles. The van der Waals surface area contributed by atoms with Gasteiger partial charge in [0, 0.05) is 37.5 Å². The van der Waals surface area contributed by atoms with E-state index in [-0.39, 0.29) is 56.9 Å². The first kappa shape index (κ1) is 46.0. The van der Waals surface area contributed by atoms with E-state index in [1.165, 1.54) is 13.8 Å². The van der Waals surface area contributed by atoms with Crippen LogP contribution in [0, 0.1) is 17.8 Å². The van der Waals surface area contributed by atoms with Crippen molar-refractivity contribution in [2.45, 2.75) is 161 Å². The van der Waals surface area contributed by atoms with Crippen LogP contribution in [0.4, 0.5) is 4.79 Å². The zero-order chi connectivity index (χ0) is 39.7. The maximum Gasteiger partial charge on any atom is 0.407 e. The summed E-state index contributed by atoms with van der Waals surface area (Å²) in [5.41, 5.74) is -3.47. The Labute approximate surface area is 310 Å². The van der Waals surface area contributed by atoms with E-state index in [1.54, 1.807) is 34.6 Å². The number of esters is 2. The second-order valence-electron chi connectivity index (χ2n) is 15.8. The number of hydrogen-bond donors (Lipinski definition) is 5. The summed E-state index contributed by atoms with van der Waals surface area (Å²) in [4.78, 5) is 42.8. The van der Waals surface area contributed by atoms with Crippen LogP contribution in [0.3, 0.4) is 0 Å². The topological polar surface area (TPSA) is 197 Å². The number of aliphatic hydroxyl groups is 4. The van der Waals surface area contributed by atoms with Crippen molar-refractivity contribution in [2.75, 3.05) is 40.8 Å². The van der Waals surface area contributed by atoms with Gasteiger partial charge in [0.25, 0.3) is 0 Å². The minimum atomic E-state index is -1.84. The minimum absolute atomic E-state index is 0.0850. The third kappa shape index (κ3) is 12.2. The highest BCUT2D eigenvalue weighted by atomic mass is 16.7. The standard InChI is InChI=1S/C37H69N3O12/c1-13-27-37(9,47)31(43)25(7)40(12)20-21(3)19-36(8,46)32(52-34-29(42)26(39(10)11)18-22(4)49-34)23(5)30(24(6)33(44)50-27)51-35(45)38-17-15-16-28(41)48-14-2/h21-27,29-32,34,42-43,46-47H,13-20H2,1-12H3,(H,38,45)/t21-,22-,23+,24-,25-,26+,27-,29-,30+,31-,32-,34+,36-,37-/m1/s1. The van der Waals surface area contributed by atoms with Gasteiger partial charge in [-0.2, -0.15) is 0 Å². The molecule has 2 saturated heterocycles. The van der Waals surface area contributed by atoms with Crippen molar-refractivity contribution in [2.24, 2.45) is 17.8 Å². The van der Waals surface area contributed by atoms with E-state index in [4.69, 9.17) is 23.7 Å². The number of hydrogen-bond acceptors (Lipinski definition) is 14. The molecular weight excluding hydrogens is 678 g/mol. The van der Waals surface area contributed by atoms with Gasteiger partial charge in [-0.15, -0.1) is 0 Å². The molecule has 2 aliphatic rings. The number of nitrogens with zero attached hydrogens (tertiary/aromatic N) is 2. The molecule has 304 valence electrons. The van der Waals surface area contributed by atoms with E-state index in [2.05, 4.69) is 5.32 Å². The summed E-state index contributed by atoms with van der Waals surface area (Å²) >= 11 is 0. The molecule has 15 nitrogen and oxygen atoms in total. The van der Waals surface area contributed by atoms with Gasteiger partial charge in [0.1, 0.15) is 30.0 Å². The first-order chi connectivity index (χ1) is 24.1. The molecular formula is C37H69N3O12. The fourth-order valence-electron chi connectivity index (χ4n) is 7.76. The zero-order valence-corrected chi connectivity index (χ0v) is 33.5. The molecule has 14 atom stereocenters. The Bertz CT molecular complexity index is 1140. The van der Waals surface area contributed by atoms with Crippen molar-refractivity contribution in [1.29, 1.82) is 0 Å². The molecule has 0 bridgehead atoms. The molecule has 2 fully saturated rings. The maximum atomic E-state index is 14.0. The molecule has 1 amide bonds. The lowest BCUT2D eigenvalue weighted by atomic mass is 9.77. The molecule has 15 heteroatoms. The van der Waals surface area contributed by atoms with Gasteiger partial charge >= 0.3 is 18.0 Å². The van der Waals surface area contributed by atoms with E-state index in [0.29, 0.717) is 13.0 Å². The monoisotopic (exact) mass is 747 g/mol. The number of carbonyl (C=O) groups is 3. The molecule has 0 aromatic rings. The summed E-state index contributed by atoms with van der Waals surface area (Å²) in [7, 11) is 5.51. The average Bonchev–Trinajstić information content (AvgIpc) is 3.05. The second kappa shape index (κ2) is 20.0. The summed E-state index contributed by atoms with van der Waals surface area (Å²) in [6, 6.07) is -0.876. The lowest BCUT2D eigenvalue weighted by molar-refractivity contribution is -0.299. The van der Waals surface area contributed by atoms with Gasteiger partial charge in [0.05, 0.1) is 30.3 Å². The van der Waals surface area contributed by atoms with Gasteiger partial charge < -0.3 is 59.2 Å². The Balaban J connectivity index is 2.62. The van der Waals surface area contributed by atoms with Crippen molar-refractivity contribution in [1.82, 2.24) is 15.1 Å². The molecule has 5 N–H and O–H groups in total. The predicted octanol–water partition coefficient (Wildman–Crippen LogP) is 2.05. The summed E-state index contributed by atoms with van der Waals surface area (Å²) in [5, 5.41) is 49.4. The molecule has 0 unspecified atom stereocenters. The number of ether oxygens (including phenoxy) is 5. The lowest BCUT2D eigenvalue weighted by Crippen LogP contribution is -2.59. The van der Waals surface area contributed by atoms with Crippen LogP contribution >= 0.6 is 0 Å². The highest BCUT2D eigenvalue weighted by Crippen LogP contribution is 2.37. The van der Waals surface area contributed by atoms with E-state index >= 15 is 0 Å². The van der Waals surface area contributed by atoms with Crippen LogP contribution in [0.1, 0.15) is 94.4 Å². The van der Waals surface area contributed by atoms with Crippen LogP contribution in [0.5, 0.6) is 0 Å². The molecule has 2 aliphatic heterocycles. The normalized spacial score (nSPS) is 40.3. The van der Waals surface area contributed by atoms with Gasteiger partial charge in [-0.3, -0.25) is 9.59 Å². The Hall–Kier alpha value is -2.11. The van der Waals surface area contributed by atoms with E-state index < -0.39 is 83.9 Å². The van der Waals surface area contributed by atoms with Crippen LogP contribution < -0.4 is 5.32 Å². The third-order valence-electron chi connectivity index (χ3n) is 10.8. The number of carbonyl (C=O) groups excluding carboxylic acids is 3. The summed E-state index contributed by atoms with van der Waals surface area (Å²) < 4.78 is 29.5. The highest BCUT2D eigenvalue weighted by molar-refractivity contribution is 5.74. The first-order valence-corrected chi connectivity index (χ1v) is 18.9. The van der Waals surface area contributed by atoms with Crippen molar-refractivity contribution >= 4 is 18.0 Å². The Kier molecular flexibility index (Phi) is 17.7. The Morgan fingerprint density at radius 3 is 2.29 bits per heavy atom. The van der Waals surface area contributed by atoms with Crippen LogP contribution in [0.25, 0.3) is 0 Å². The fraction of sp³-hybridized carbons (Fsp3) is 0.919. The summed E-state index contributed by atoms with van der Waals surface area (Å²) in [6.45, 7) is 16.0. The number of likely N-dealkylation sites (N-methyl/N-ethyl adjacent to an activating group) is 2. The van der Waals surface area contributed by atoms with Crippen LogP contribution in [-0.4, -0.2) is 155 Å². The van der Waals surface area contributed by atoms with Crippen molar-refractivity contribution in [3.8, 4) is 0 Å². The largest absolute Gasteiger partial charge is 0.466 e. The van der Waals surface area contributed by atoms with Crippen LogP contribution in [0.15, 0.2) is 0 Å². The molecule has 0 radical (unpaired) electrons. The minimum Gasteiger partial charge on any atom is -0.466 e. The first-order valence-electron chi connectivity index (χ1n) is 18.9. The van der Waals surface area contributed by atoms with Gasteiger partial charge in [0.15, 0.2) is 6.29 Å². The predicted molar refractivity (Wildman–Crippen MR) is 193 cm³/mol. The van der Waals surface area contributed by atoms with Crippen LogP contribution in [-0.2, 0) is 33.3 Å². The van der Waals surface area contributed by atoms with Gasteiger partial charge in [0.2, 0.25) is 0 Å². The number of rotatable bonds is 10. The zero-order valence-electron chi connectivity index (χ0n) is 33.5. The second-order valence-corrected chi connectivity index (χ2v) is 15.8. The molecule has 0 spiro atoms. The van der Waals surface area contributed by atoms with Gasteiger partial charge in [-0.1, -0.05) is 20.8 Å². The Morgan fingerprint density at radius 2 is 1.71 bits per heavy atom. The third-order valence-corrected chi connectivity index (χ3v) is 10.8. The van der Waals surface area contributed by atoms with Crippen LogP contribution in [0.2, 0.25) is 0 Å². The van der Waals surface area contributed by atoms with Crippen molar-refractivity contribution in [3.05, 3.63) is 0 Å². The summed E-state index contributed by atoms with van der Waals surface area (Å²) in [6.07, 6.45) is -6.98. The molecule has 0 aromatic carbocycles. The molecule has 2 rings (SSSR count). The molecule has 0 saturated carbocycles. The van der Waals surface area contributed by atoms with E-state index in [9.17, 15) is 34.8 Å². The quantitative estimate of drug-likeness (QED) is 0.124. The fourth-order valence-corrected chi connectivity index (χ4v) is 7.76. The molecule has 2 heterocycles. The maximum absolute atomic E-state index is 14.0. The van der Waals surface area contributed by atoms with E-state index in [0.717, 1.165) is 0 Å². The number of alkyl carbamates (subject to hydrolysis) is 1. The SMILES string of the molecule is CCOC(=O)CCCNC(=O)O[C@H]1[C@H](C)[C@@H](O[C@@H]2O[C@H](C)C[C@H](N(C)C)[C@H]2O)[C@](C)(O)C[C@@H](C)CN(C)[C@H](C)[C@@H](O)[C@](C)(O)[C@@H](CC)OC(=O)[C@@H]1C. The summed E-state index contributed by atoms with van der Waals surface area (Å²) in [5.74, 6) is -3.44. The van der Waals surface area contributed by atoms with Crippen molar-refractivity contribution < 1.29 is 58.5 Å². The molecule has 0 aliphatic carbocycles. The van der Waals surface area contributed by atoms with Gasteiger partial charge in [-0.05, 0) is 94.3 Å².